The van der Waals surface area contributed by atoms with Crippen LogP contribution in [0, 0.1) is 11.3 Å². The lowest BCUT2D eigenvalue weighted by Gasteiger charge is -2.23. The van der Waals surface area contributed by atoms with Gasteiger partial charge in [-0.05, 0) is 65.7 Å². The van der Waals surface area contributed by atoms with E-state index in [2.05, 4.69) is 59.8 Å². The molecule has 1 atom stereocenters. The maximum atomic E-state index is 11.9. The van der Waals surface area contributed by atoms with E-state index in [9.17, 15) is 4.79 Å². The molecule has 0 bridgehead atoms. The van der Waals surface area contributed by atoms with E-state index in [4.69, 9.17) is 0 Å². The molecule has 0 saturated heterocycles. The van der Waals surface area contributed by atoms with Crippen LogP contribution in [0.1, 0.15) is 80.1 Å². The largest absolute Gasteiger partial charge is 0.299 e. The fourth-order valence-electron chi connectivity index (χ4n) is 3.13. The highest BCUT2D eigenvalue weighted by atomic mass is 16.1. The topological polar surface area (TPSA) is 17.1 Å². The van der Waals surface area contributed by atoms with Crippen LogP contribution in [0.2, 0.25) is 0 Å². The average Bonchev–Trinajstić information content (AvgIpc) is 2.65. The molecule has 0 aromatic rings. The van der Waals surface area contributed by atoms with Crippen LogP contribution in [0.4, 0.5) is 0 Å². The van der Waals surface area contributed by atoms with Crippen LogP contribution in [0.15, 0.2) is 34.9 Å². The molecule has 1 aliphatic rings. The first kappa shape index (κ1) is 18.9. The lowest BCUT2D eigenvalue weighted by molar-refractivity contribution is -0.124. The van der Waals surface area contributed by atoms with Crippen LogP contribution in [-0.2, 0) is 4.79 Å². The molecule has 1 aliphatic carbocycles. The van der Waals surface area contributed by atoms with Gasteiger partial charge in [0.25, 0.3) is 0 Å². The third-order valence-corrected chi connectivity index (χ3v) is 4.94. The summed E-state index contributed by atoms with van der Waals surface area (Å²) >= 11 is 0. The Balaban J connectivity index is 2.42. The van der Waals surface area contributed by atoms with E-state index in [1.807, 2.05) is 0 Å². The molecule has 0 heterocycles. The molecular formula is C21H34O. The molecule has 1 rings (SSSR count). The molecule has 0 spiro atoms. The molecule has 0 N–H and O–H groups in total. The Morgan fingerprint density at radius 3 is 2.18 bits per heavy atom. The summed E-state index contributed by atoms with van der Waals surface area (Å²) in [5, 5.41) is 0. The first-order valence-corrected chi connectivity index (χ1v) is 8.73. The van der Waals surface area contributed by atoms with Crippen molar-refractivity contribution in [2.24, 2.45) is 11.3 Å². The van der Waals surface area contributed by atoms with Crippen molar-refractivity contribution in [1.29, 1.82) is 0 Å². The lowest BCUT2D eigenvalue weighted by atomic mass is 9.80. The second kappa shape index (κ2) is 8.50. The van der Waals surface area contributed by atoms with E-state index in [0.29, 0.717) is 11.7 Å². The van der Waals surface area contributed by atoms with E-state index >= 15 is 0 Å². The van der Waals surface area contributed by atoms with Crippen molar-refractivity contribution < 1.29 is 4.79 Å². The maximum absolute atomic E-state index is 11.9. The van der Waals surface area contributed by atoms with Gasteiger partial charge in [-0.3, -0.25) is 4.79 Å². The van der Waals surface area contributed by atoms with Crippen LogP contribution in [0.5, 0.6) is 0 Å². The average molecular weight is 303 g/mol. The molecule has 0 unspecified atom stereocenters. The van der Waals surface area contributed by atoms with Gasteiger partial charge in [0.05, 0.1) is 0 Å². The maximum Gasteiger partial charge on any atom is 0.139 e. The molecule has 0 aliphatic heterocycles. The SMILES string of the molecule is CC(C)=CCC/C(C)=C/CC/C(C)=C\[C@@H]1CCC(=O)C1(C)C. The summed E-state index contributed by atoms with van der Waals surface area (Å²) in [6.07, 6.45) is 13.4. The van der Waals surface area contributed by atoms with E-state index in [1.165, 1.54) is 16.7 Å². The lowest BCUT2D eigenvalue weighted by Crippen LogP contribution is -2.23. The summed E-state index contributed by atoms with van der Waals surface area (Å²) in [5.41, 5.74) is 4.17. The Labute approximate surface area is 137 Å². The summed E-state index contributed by atoms with van der Waals surface area (Å²) in [5.74, 6) is 0.860. The first-order chi connectivity index (χ1) is 10.2. The third-order valence-electron chi connectivity index (χ3n) is 4.94. The zero-order valence-electron chi connectivity index (χ0n) is 15.5. The van der Waals surface area contributed by atoms with Crippen molar-refractivity contribution in [3.8, 4) is 0 Å². The molecule has 0 aromatic heterocycles. The van der Waals surface area contributed by atoms with Crippen LogP contribution >= 0.6 is 0 Å². The number of allylic oxidation sites excluding steroid dienone is 6. The highest BCUT2D eigenvalue weighted by molar-refractivity contribution is 5.86. The van der Waals surface area contributed by atoms with Crippen LogP contribution in [-0.4, -0.2) is 5.78 Å². The minimum atomic E-state index is -0.155. The standard InChI is InChI=1S/C21H34O/c1-16(2)9-7-10-17(3)11-8-12-18(4)15-19-13-14-20(22)21(19,5)6/h9,11,15,19H,7-8,10,12-14H2,1-6H3/b17-11+,18-15-/t19-/m0/s1. The molecule has 1 saturated carbocycles. The minimum Gasteiger partial charge on any atom is -0.299 e. The summed E-state index contributed by atoms with van der Waals surface area (Å²) < 4.78 is 0. The summed E-state index contributed by atoms with van der Waals surface area (Å²) in [4.78, 5) is 11.9. The molecule has 22 heavy (non-hydrogen) atoms. The summed E-state index contributed by atoms with van der Waals surface area (Å²) in [6.45, 7) is 13.0. The van der Waals surface area contributed by atoms with E-state index in [0.717, 1.165) is 38.5 Å². The second-order valence-corrected chi connectivity index (χ2v) is 7.71. The monoisotopic (exact) mass is 302 g/mol. The molecule has 0 radical (unpaired) electrons. The van der Waals surface area contributed by atoms with Crippen molar-refractivity contribution in [2.45, 2.75) is 80.1 Å². The number of carbonyl (C=O) groups is 1. The molecule has 0 amide bonds. The Morgan fingerprint density at radius 2 is 1.64 bits per heavy atom. The fraction of sp³-hybridized carbons (Fsp3) is 0.667. The van der Waals surface area contributed by atoms with E-state index in [-0.39, 0.29) is 5.41 Å². The summed E-state index contributed by atoms with van der Waals surface area (Å²) in [6, 6.07) is 0. The zero-order valence-corrected chi connectivity index (χ0v) is 15.5. The van der Waals surface area contributed by atoms with Crippen molar-refractivity contribution >= 4 is 5.78 Å². The van der Waals surface area contributed by atoms with Crippen LogP contribution in [0.25, 0.3) is 0 Å². The number of ketones is 1. The number of Topliss-reactive ketones (excluding diaryl/α,β-unsaturated/α-hetero) is 1. The van der Waals surface area contributed by atoms with Gasteiger partial charge in [0.1, 0.15) is 5.78 Å². The van der Waals surface area contributed by atoms with Crippen molar-refractivity contribution in [3.63, 3.8) is 0 Å². The zero-order chi connectivity index (χ0) is 16.8. The smallest absolute Gasteiger partial charge is 0.139 e. The number of hydrogen-bond donors (Lipinski definition) is 0. The van der Waals surface area contributed by atoms with Crippen molar-refractivity contribution in [3.05, 3.63) is 34.9 Å². The van der Waals surface area contributed by atoms with Crippen molar-refractivity contribution in [1.82, 2.24) is 0 Å². The highest BCUT2D eigenvalue weighted by Gasteiger charge is 2.40. The number of rotatable bonds is 7. The van der Waals surface area contributed by atoms with Gasteiger partial charge in [-0.2, -0.15) is 0 Å². The Hall–Kier alpha value is -1.11. The molecule has 1 nitrogen and oxygen atoms in total. The van der Waals surface area contributed by atoms with Gasteiger partial charge in [-0.25, -0.2) is 0 Å². The first-order valence-electron chi connectivity index (χ1n) is 8.73. The quantitative estimate of drug-likeness (QED) is 0.496. The predicted octanol–water partition coefficient (Wildman–Crippen LogP) is 6.41. The van der Waals surface area contributed by atoms with Crippen LogP contribution < -0.4 is 0 Å². The van der Waals surface area contributed by atoms with Gasteiger partial charge < -0.3 is 0 Å². The van der Waals surface area contributed by atoms with Crippen molar-refractivity contribution in [2.75, 3.05) is 0 Å². The number of carbonyl (C=O) groups excluding carboxylic acids is 1. The minimum absolute atomic E-state index is 0.155. The Kier molecular flexibility index (Phi) is 7.32. The second-order valence-electron chi connectivity index (χ2n) is 7.71. The van der Waals surface area contributed by atoms with Gasteiger partial charge in [0.15, 0.2) is 0 Å². The summed E-state index contributed by atoms with van der Waals surface area (Å²) in [7, 11) is 0. The molecular weight excluding hydrogens is 268 g/mol. The van der Waals surface area contributed by atoms with E-state index in [1.54, 1.807) is 0 Å². The van der Waals surface area contributed by atoms with Crippen LogP contribution in [0.3, 0.4) is 0 Å². The number of hydrogen-bond acceptors (Lipinski definition) is 1. The van der Waals surface area contributed by atoms with Gasteiger partial charge in [-0.15, -0.1) is 0 Å². The third kappa shape index (κ3) is 5.94. The van der Waals surface area contributed by atoms with Gasteiger partial charge in [-0.1, -0.05) is 48.8 Å². The van der Waals surface area contributed by atoms with Gasteiger partial charge in [0, 0.05) is 11.8 Å². The molecule has 0 aromatic carbocycles. The normalized spacial score (nSPS) is 22.1. The Morgan fingerprint density at radius 1 is 1.05 bits per heavy atom. The Bertz CT molecular complexity index is 470. The van der Waals surface area contributed by atoms with Gasteiger partial charge >= 0.3 is 0 Å². The molecule has 1 heteroatoms. The van der Waals surface area contributed by atoms with E-state index < -0.39 is 0 Å². The highest BCUT2D eigenvalue weighted by Crippen LogP contribution is 2.41. The molecule has 1 fully saturated rings. The fourth-order valence-corrected chi connectivity index (χ4v) is 3.13. The molecule has 124 valence electrons. The predicted molar refractivity (Wildman–Crippen MR) is 96.9 cm³/mol. The van der Waals surface area contributed by atoms with Gasteiger partial charge in [0.2, 0.25) is 0 Å².